The molecule has 0 aliphatic rings. The molecule has 0 radical (unpaired) electrons. The van der Waals surface area contributed by atoms with Crippen molar-refractivity contribution in [1.82, 2.24) is 0 Å². The van der Waals surface area contributed by atoms with Crippen molar-refractivity contribution in [3.05, 3.63) is 157 Å². The third-order valence-electron chi connectivity index (χ3n) is 9.22. The highest BCUT2D eigenvalue weighted by molar-refractivity contribution is 6.32. The second-order valence-corrected chi connectivity index (χ2v) is 11.8. The van der Waals surface area contributed by atoms with Crippen LogP contribution in [0.2, 0.25) is 0 Å². The Hall–Kier alpha value is -5.46. The quantitative estimate of drug-likeness (QED) is 0.150. The van der Waals surface area contributed by atoms with Crippen LogP contribution in [0.15, 0.2) is 152 Å². The lowest BCUT2D eigenvalue weighted by Crippen LogP contribution is -1.92. The lowest BCUT2D eigenvalue weighted by atomic mass is 9.83. The van der Waals surface area contributed by atoms with E-state index in [2.05, 4.69) is 159 Å². The van der Waals surface area contributed by atoms with Crippen molar-refractivity contribution >= 4 is 64.6 Å². The molecule has 43 heavy (non-hydrogen) atoms. The Bertz CT molecular complexity index is 2540. The van der Waals surface area contributed by atoms with Crippen molar-refractivity contribution in [2.24, 2.45) is 0 Å². The molecule has 0 saturated carbocycles. The van der Waals surface area contributed by atoms with Gasteiger partial charge in [0.15, 0.2) is 0 Å². The van der Waals surface area contributed by atoms with E-state index in [4.69, 9.17) is 0 Å². The van der Waals surface area contributed by atoms with E-state index in [-0.39, 0.29) is 0 Å². The zero-order valence-corrected chi connectivity index (χ0v) is 23.9. The van der Waals surface area contributed by atoms with Gasteiger partial charge in [0.2, 0.25) is 0 Å². The van der Waals surface area contributed by atoms with Gasteiger partial charge < -0.3 is 0 Å². The van der Waals surface area contributed by atoms with Gasteiger partial charge in [-0.25, -0.2) is 0 Å². The van der Waals surface area contributed by atoms with Gasteiger partial charge in [-0.1, -0.05) is 133 Å². The summed E-state index contributed by atoms with van der Waals surface area (Å²) in [5.74, 6) is 0. The van der Waals surface area contributed by atoms with Crippen molar-refractivity contribution in [2.45, 2.75) is 6.92 Å². The summed E-state index contributed by atoms with van der Waals surface area (Å²) in [6, 6.07) is 56.2. The Morgan fingerprint density at radius 1 is 0.279 bits per heavy atom. The summed E-state index contributed by atoms with van der Waals surface area (Å²) in [6.07, 6.45) is 0. The Kier molecular flexibility index (Phi) is 5.21. The predicted octanol–water partition coefficient (Wildman–Crippen LogP) is 12.2. The van der Waals surface area contributed by atoms with Crippen molar-refractivity contribution in [3.8, 4) is 22.3 Å². The largest absolute Gasteiger partial charge is 0.0622 e. The third-order valence-corrected chi connectivity index (χ3v) is 9.22. The summed E-state index contributed by atoms with van der Waals surface area (Å²) in [4.78, 5) is 0. The maximum atomic E-state index is 2.49. The van der Waals surface area contributed by atoms with Gasteiger partial charge in [0.25, 0.3) is 0 Å². The second kappa shape index (κ2) is 9.28. The molecular formula is C43H28. The number of hydrogen-bond acceptors (Lipinski definition) is 0. The average Bonchev–Trinajstić information content (AvgIpc) is 3.06. The summed E-state index contributed by atoms with van der Waals surface area (Å²) in [5, 5.41) is 15.5. The van der Waals surface area contributed by atoms with Gasteiger partial charge in [-0.15, -0.1) is 0 Å². The number of fused-ring (bicyclic) bond motifs is 9. The van der Waals surface area contributed by atoms with Gasteiger partial charge in [0.05, 0.1) is 0 Å². The molecular weight excluding hydrogens is 516 g/mol. The molecule has 0 heteroatoms. The first-order chi connectivity index (χ1) is 21.2. The number of aryl methyl sites for hydroxylation is 1. The van der Waals surface area contributed by atoms with Gasteiger partial charge >= 0.3 is 0 Å². The van der Waals surface area contributed by atoms with Crippen molar-refractivity contribution in [3.63, 3.8) is 0 Å². The van der Waals surface area contributed by atoms with Crippen LogP contribution in [-0.4, -0.2) is 0 Å². The molecule has 9 aromatic carbocycles. The van der Waals surface area contributed by atoms with Crippen molar-refractivity contribution in [1.29, 1.82) is 0 Å². The van der Waals surface area contributed by atoms with Gasteiger partial charge in [0.1, 0.15) is 0 Å². The van der Waals surface area contributed by atoms with Gasteiger partial charge in [-0.05, 0) is 118 Å². The van der Waals surface area contributed by atoms with Crippen LogP contribution >= 0.6 is 0 Å². The highest BCUT2D eigenvalue weighted by Gasteiger charge is 2.19. The van der Waals surface area contributed by atoms with Crippen LogP contribution in [0.4, 0.5) is 0 Å². The zero-order valence-electron chi connectivity index (χ0n) is 23.9. The van der Waals surface area contributed by atoms with E-state index >= 15 is 0 Å². The van der Waals surface area contributed by atoms with Crippen LogP contribution in [0.3, 0.4) is 0 Å². The van der Waals surface area contributed by atoms with E-state index in [9.17, 15) is 0 Å². The van der Waals surface area contributed by atoms with Crippen LogP contribution in [0.25, 0.3) is 86.9 Å². The first kappa shape index (κ1) is 24.2. The smallest absolute Gasteiger partial charge is 0.00261 e. The Morgan fingerprint density at radius 2 is 0.698 bits per heavy atom. The summed E-state index contributed by atoms with van der Waals surface area (Å²) in [6.45, 7) is 2.20. The van der Waals surface area contributed by atoms with Crippen LogP contribution in [0.1, 0.15) is 5.56 Å². The lowest BCUT2D eigenvalue weighted by Gasteiger charge is -2.20. The molecule has 0 nitrogen and oxygen atoms in total. The minimum Gasteiger partial charge on any atom is -0.0622 e. The summed E-state index contributed by atoms with van der Waals surface area (Å²) in [7, 11) is 0. The molecule has 0 amide bonds. The maximum absolute atomic E-state index is 2.49. The van der Waals surface area contributed by atoms with Crippen molar-refractivity contribution < 1.29 is 0 Å². The van der Waals surface area contributed by atoms with E-state index in [1.807, 2.05) is 0 Å². The third kappa shape index (κ3) is 3.63. The van der Waals surface area contributed by atoms with E-state index < -0.39 is 0 Å². The fourth-order valence-electron chi connectivity index (χ4n) is 7.30. The highest BCUT2D eigenvalue weighted by Crippen LogP contribution is 2.47. The molecule has 0 aliphatic carbocycles. The minimum absolute atomic E-state index is 1.24. The zero-order chi connectivity index (χ0) is 28.5. The van der Waals surface area contributed by atoms with Gasteiger partial charge in [-0.3, -0.25) is 0 Å². The average molecular weight is 545 g/mol. The van der Waals surface area contributed by atoms with E-state index in [1.54, 1.807) is 0 Å². The van der Waals surface area contributed by atoms with E-state index in [0.29, 0.717) is 0 Å². The molecule has 0 fully saturated rings. The van der Waals surface area contributed by atoms with E-state index in [0.717, 1.165) is 0 Å². The molecule has 0 aliphatic heterocycles. The van der Waals surface area contributed by atoms with Gasteiger partial charge in [-0.2, -0.15) is 0 Å². The first-order valence-electron chi connectivity index (χ1n) is 15.0. The summed E-state index contributed by atoms with van der Waals surface area (Å²) >= 11 is 0. The molecule has 9 rings (SSSR count). The second-order valence-electron chi connectivity index (χ2n) is 11.8. The molecule has 200 valence electrons. The first-order valence-corrected chi connectivity index (χ1v) is 15.0. The molecule has 0 heterocycles. The SMILES string of the molecule is Cc1ccc2c(c1)c1cc3ccccc3cc1c1cc3c(-c4ccccc4)c4ccccc4c(-c4ccccc4)c3cc21. The minimum atomic E-state index is 1.24. The number of hydrogen-bond donors (Lipinski definition) is 0. The van der Waals surface area contributed by atoms with Crippen LogP contribution in [-0.2, 0) is 0 Å². The van der Waals surface area contributed by atoms with Gasteiger partial charge in [0, 0.05) is 0 Å². The molecule has 9 aromatic rings. The molecule has 0 unspecified atom stereocenters. The normalized spacial score (nSPS) is 11.8. The topological polar surface area (TPSA) is 0 Å². The Balaban J connectivity index is 1.58. The lowest BCUT2D eigenvalue weighted by molar-refractivity contribution is 1.51. The monoisotopic (exact) mass is 544 g/mol. The Morgan fingerprint density at radius 3 is 1.23 bits per heavy atom. The van der Waals surface area contributed by atoms with Crippen LogP contribution in [0, 0.1) is 6.92 Å². The predicted molar refractivity (Wildman–Crippen MR) is 187 cm³/mol. The molecule has 0 aromatic heterocycles. The summed E-state index contributed by atoms with van der Waals surface area (Å²) < 4.78 is 0. The standard InChI is InChI=1S/C43H28/c1-27-20-21-32-35(22-27)36-23-30-16-8-9-17-31(30)24-37(36)39-26-41-40(25-38(32)39)42(28-12-4-2-5-13-28)33-18-10-11-19-34(33)43(41)29-14-6-3-7-15-29/h2-26H,1H3. The van der Waals surface area contributed by atoms with Crippen LogP contribution in [0.5, 0.6) is 0 Å². The van der Waals surface area contributed by atoms with E-state index in [1.165, 1.54) is 92.5 Å². The highest BCUT2D eigenvalue weighted by atomic mass is 14.2. The fourth-order valence-corrected chi connectivity index (χ4v) is 7.30. The molecule has 0 saturated heterocycles. The molecule has 0 bridgehead atoms. The summed E-state index contributed by atoms with van der Waals surface area (Å²) in [5.41, 5.74) is 6.37. The number of benzene rings is 9. The number of rotatable bonds is 2. The molecule has 0 N–H and O–H groups in total. The Labute approximate surface area is 250 Å². The van der Waals surface area contributed by atoms with Crippen molar-refractivity contribution in [2.75, 3.05) is 0 Å². The maximum Gasteiger partial charge on any atom is -0.00261 e. The molecule has 0 atom stereocenters. The molecule has 0 spiro atoms. The van der Waals surface area contributed by atoms with Crippen LogP contribution < -0.4 is 0 Å². The fraction of sp³-hybridized carbons (Fsp3) is 0.0233.